The number of pyridine rings is 1. The molecular weight excluding hydrogens is 387 g/mol. The topological polar surface area (TPSA) is 49.3 Å². The average Bonchev–Trinajstić information content (AvgIpc) is 3.01. The molecule has 2 rings (SSSR count). The number of hydrogen-bond donors (Lipinski definition) is 2. The lowest BCUT2D eigenvalue weighted by Gasteiger charge is -2.28. The molecule has 2 N–H and O–H groups in total. The summed E-state index contributed by atoms with van der Waals surface area (Å²) in [7, 11) is 1.84. The van der Waals surface area contributed by atoms with Gasteiger partial charge in [0, 0.05) is 38.4 Å². The maximum Gasteiger partial charge on any atom is 0.191 e. The summed E-state index contributed by atoms with van der Waals surface area (Å²) >= 11 is 0. The summed E-state index contributed by atoms with van der Waals surface area (Å²) in [5.41, 5.74) is 1.60. The van der Waals surface area contributed by atoms with Gasteiger partial charge in [-0.3, -0.25) is 9.98 Å². The van der Waals surface area contributed by atoms with E-state index in [0.717, 1.165) is 31.2 Å². The molecule has 1 saturated carbocycles. The predicted molar refractivity (Wildman–Crippen MR) is 104 cm³/mol. The van der Waals surface area contributed by atoms with Crippen molar-refractivity contribution in [3.05, 3.63) is 30.1 Å². The predicted octanol–water partition coefficient (Wildman–Crippen LogP) is 3.38. The van der Waals surface area contributed by atoms with Gasteiger partial charge < -0.3 is 10.6 Å². The van der Waals surface area contributed by atoms with Crippen molar-refractivity contribution in [3.63, 3.8) is 0 Å². The lowest BCUT2D eigenvalue weighted by Crippen LogP contribution is -2.43. The van der Waals surface area contributed by atoms with E-state index in [1.807, 2.05) is 25.4 Å². The Kier molecular flexibility index (Phi) is 8.75. The number of rotatable bonds is 6. The summed E-state index contributed by atoms with van der Waals surface area (Å²) < 4.78 is 0. The maximum absolute atomic E-state index is 4.33. The molecular formula is C17H29IN4. The molecule has 1 aliphatic carbocycles. The Morgan fingerprint density at radius 2 is 2.05 bits per heavy atom. The van der Waals surface area contributed by atoms with E-state index in [0.29, 0.717) is 5.41 Å². The molecule has 0 amide bonds. The molecule has 0 saturated heterocycles. The van der Waals surface area contributed by atoms with Crippen LogP contribution in [0.25, 0.3) is 0 Å². The van der Waals surface area contributed by atoms with Crippen LogP contribution in [0.2, 0.25) is 0 Å². The maximum atomic E-state index is 4.33. The van der Waals surface area contributed by atoms with E-state index in [2.05, 4.69) is 33.6 Å². The van der Waals surface area contributed by atoms with Crippen LogP contribution in [0.4, 0.5) is 0 Å². The van der Waals surface area contributed by atoms with Gasteiger partial charge in [-0.1, -0.05) is 25.8 Å². The van der Waals surface area contributed by atoms with E-state index in [-0.39, 0.29) is 24.0 Å². The summed E-state index contributed by atoms with van der Waals surface area (Å²) in [5, 5.41) is 6.89. The van der Waals surface area contributed by atoms with Crippen LogP contribution in [0.5, 0.6) is 0 Å². The molecule has 0 radical (unpaired) electrons. The number of nitrogens with one attached hydrogen (secondary N) is 2. The molecule has 22 heavy (non-hydrogen) atoms. The Morgan fingerprint density at radius 3 is 2.64 bits per heavy atom. The van der Waals surface area contributed by atoms with Crippen LogP contribution >= 0.6 is 24.0 Å². The number of aliphatic imine (C=N–C) groups is 1. The van der Waals surface area contributed by atoms with Gasteiger partial charge >= 0.3 is 0 Å². The van der Waals surface area contributed by atoms with Crippen molar-refractivity contribution in [1.82, 2.24) is 15.6 Å². The standard InChI is InChI=1S/C17H28N4.HI/c1-3-17(10-5-6-11-17)14-21-16(18-2)20-13-9-15-8-4-7-12-19-15;/h4,7-8,12H,3,5-6,9-11,13-14H2,1-2H3,(H2,18,20,21);1H. The quantitative estimate of drug-likeness (QED) is 0.425. The second kappa shape index (κ2) is 10.0. The van der Waals surface area contributed by atoms with Gasteiger partial charge in [0.1, 0.15) is 0 Å². The van der Waals surface area contributed by atoms with Gasteiger partial charge in [-0.2, -0.15) is 0 Å². The van der Waals surface area contributed by atoms with Crippen LogP contribution in [0.15, 0.2) is 29.4 Å². The lowest BCUT2D eigenvalue weighted by atomic mass is 9.83. The van der Waals surface area contributed by atoms with E-state index in [4.69, 9.17) is 0 Å². The van der Waals surface area contributed by atoms with Crippen molar-refractivity contribution in [1.29, 1.82) is 0 Å². The first-order valence-corrected chi connectivity index (χ1v) is 8.12. The first-order chi connectivity index (χ1) is 10.3. The minimum atomic E-state index is 0. The van der Waals surface area contributed by atoms with Crippen molar-refractivity contribution >= 4 is 29.9 Å². The fourth-order valence-corrected chi connectivity index (χ4v) is 3.13. The van der Waals surface area contributed by atoms with E-state index < -0.39 is 0 Å². The van der Waals surface area contributed by atoms with Gasteiger partial charge in [-0.15, -0.1) is 24.0 Å². The van der Waals surface area contributed by atoms with Crippen LogP contribution in [0.1, 0.15) is 44.7 Å². The highest BCUT2D eigenvalue weighted by Crippen LogP contribution is 2.40. The second-order valence-electron chi connectivity index (χ2n) is 5.98. The van der Waals surface area contributed by atoms with E-state index in [1.54, 1.807) is 0 Å². The van der Waals surface area contributed by atoms with Crippen molar-refractivity contribution < 1.29 is 0 Å². The third-order valence-electron chi connectivity index (χ3n) is 4.67. The van der Waals surface area contributed by atoms with Gasteiger partial charge in [0.2, 0.25) is 0 Å². The molecule has 0 aliphatic heterocycles. The van der Waals surface area contributed by atoms with Crippen molar-refractivity contribution in [2.24, 2.45) is 10.4 Å². The van der Waals surface area contributed by atoms with Crippen LogP contribution in [0.3, 0.4) is 0 Å². The molecule has 0 aromatic carbocycles. The van der Waals surface area contributed by atoms with E-state index >= 15 is 0 Å². The molecule has 0 spiro atoms. The van der Waals surface area contributed by atoms with Crippen LogP contribution in [0, 0.1) is 5.41 Å². The fourth-order valence-electron chi connectivity index (χ4n) is 3.13. The van der Waals surface area contributed by atoms with Gasteiger partial charge in [0.15, 0.2) is 5.96 Å². The molecule has 124 valence electrons. The number of guanidine groups is 1. The SMILES string of the molecule is CCC1(CNC(=NC)NCCc2ccccn2)CCCC1.I. The summed E-state index contributed by atoms with van der Waals surface area (Å²) in [4.78, 5) is 8.65. The Bertz CT molecular complexity index is 441. The number of halogens is 1. The molecule has 1 aromatic rings. The van der Waals surface area contributed by atoms with Gasteiger partial charge in [-0.05, 0) is 36.8 Å². The van der Waals surface area contributed by atoms with Gasteiger partial charge in [0.05, 0.1) is 0 Å². The van der Waals surface area contributed by atoms with E-state index in [1.165, 1.54) is 32.1 Å². The monoisotopic (exact) mass is 416 g/mol. The molecule has 4 nitrogen and oxygen atoms in total. The Balaban J connectivity index is 0.00000242. The highest BCUT2D eigenvalue weighted by Gasteiger charge is 2.31. The molecule has 0 atom stereocenters. The zero-order valence-electron chi connectivity index (χ0n) is 13.8. The Labute approximate surface area is 151 Å². The summed E-state index contributed by atoms with van der Waals surface area (Å²) in [6, 6.07) is 6.03. The highest BCUT2D eigenvalue weighted by molar-refractivity contribution is 14.0. The first-order valence-electron chi connectivity index (χ1n) is 8.12. The number of aromatic nitrogens is 1. The highest BCUT2D eigenvalue weighted by atomic mass is 127. The molecule has 5 heteroatoms. The lowest BCUT2D eigenvalue weighted by molar-refractivity contribution is 0.283. The third kappa shape index (κ3) is 5.74. The van der Waals surface area contributed by atoms with Crippen molar-refractivity contribution in [2.45, 2.75) is 45.4 Å². The molecule has 0 bridgehead atoms. The summed E-state index contributed by atoms with van der Waals surface area (Å²) in [5.74, 6) is 0.908. The van der Waals surface area contributed by atoms with Crippen LogP contribution in [-0.4, -0.2) is 31.1 Å². The summed E-state index contributed by atoms with van der Waals surface area (Å²) in [6.45, 7) is 4.20. The third-order valence-corrected chi connectivity index (χ3v) is 4.67. The van der Waals surface area contributed by atoms with E-state index in [9.17, 15) is 0 Å². The second-order valence-corrected chi connectivity index (χ2v) is 5.98. The number of hydrogen-bond acceptors (Lipinski definition) is 2. The molecule has 1 aliphatic rings. The molecule has 1 heterocycles. The van der Waals surface area contributed by atoms with Crippen molar-refractivity contribution in [3.8, 4) is 0 Å². The Hall–Kier alpha value is -0.850. The van der Waals surface area contributed by atoms with Gasteiger partial charge in [-0.25, -0.2) is 0 Å². The fraction of sp³-hybridized carbons (Fsp3) is 0.647. The van der Waals surface area contributed by atoms with Crippen LogP contribution in [-0.2, 0) is 6.42 Å². The molecule has 1 fully saturated rings. The summed E-state index contributed by atoms with van der Waals surface area (Å²) in [6.07, 6.45) is 9.46. The van der Waals surface area contributed by atoms with Crippen LogP contribution < -0.4 is 10.6 Å². The van der Waals surface area contributed by atoms with Crippen molar-refractivity contribution in [2.75, 3.05) is 20.1 Å². The minimum Gasteiger partial charge on any atom is -0.356 e. The number of nitrogens with zero attached hydrogens (tertiary/aromatic N) is 2. The smallest absolute Gasteiger partial charge is 0.191 e. The zero-order chi connectivity index (χ0) is 15.0. The normalized spacial score (nSPS) is 16.9. The molecule has 0 unspecified atom stereocenters. The Morgan fingerprint density at radius 1 is 1.27 bits per heavy atom. The largest absolute Gasteiger partial charge is 0.356 e. The molecule has 1 aromatic heterocycles. The minimum absolute atomic E-state index is 0. The van der Waals surface area contributed by atoms with Gasteiger partial charge in [0.25, 0.3) is 0 Å². The average molecular weight is 416 g/mol. The zero-order valence-corrected chi connectivity index (χ0v) is 16.1. The first kappa shape index (κ1) is 19.2.